The Morgan fingerprint density at radius 2 is 2.07 bits per heavy atom. The summed E-state index contributed by atoms with van der Waals surface area (Å²) in [5.74, 6) is 0. The van der Waals surface area contributed by atoms with Crippen LogP contribution in [0.3, 0.4) is 0 Å². The molecule has 0 radical (unpaired) electrons. The predicted molar refractivity (Wildman–Crippen MR) is 58.8 cm³/mol. The molecule has 0 spiro atoms. The minimum atomic E-state index is -0.376. The number of hydrogen-bond donors (Lipinski definition) is 2. The van der Waals surface area contributed by atoms with E-state index >= 15 is 0 Å². The first kappa shape index (κ1) is 10.9. The second-order valence-corrected chi connectivity index (χ2v) is 3.25. The molecule has 0 aliphatic rings. The van der Waals surface area contributed by atoms with Gasteiger partial charge in [-0.2, -0.15) is 0 Å². The van der Waals surface area contributed by atoms with E-state index < -0.39 is 0 Å². The fourth-order valence-corrected chi connectivity index (χ4v) is 1.13. The lowest BCUT2D eigenvalue weighted by molar-refractivity contribution is 0.255. The van der Waals surface area contributed by atoms with Gasteiger partial charge in [0.25, 0.3) is 0 Å². The molecule has 0 unspecified atom stereocenters. The van der Waals surface area contributed by atoms with Crippen LogP contribution in [0.15, 0.2) is 31.0 Å². The molecular formula is C9H8Cl2N2O. The van der Waals surface area contributed by atoms with E-state index in [4.69, 9.17) is 23.2 Å². The van der Waals surface area contributed by atoms with Gasteiger partial charge in [0.15, 0.2) is 0 Å². The fourth-order valence-electron chi connectivity index (χ4n) is 0.834. The van der Waals surface area contributed by atoms with E-state index in [1.54, 1.807) is 18.2 Å². The molecule has 0 fully saturated rings. The average Bonchev–Trinajstić information content (AvgIpc) is 2.12. The van der Waals surface area contributed by atoms with Crippen LogP contribution in [0.25, 0.3) is 0 Å². The molecule has 3 nitrogen and oxygen atoms in total. The van der Waals surface area contributed by atoms with Crippen molar-refractivity contribution in [1.82, 2.24) is 5.32 Å². The zero-order chi connectivity index (χ0) is 10.6. The number of amides is 2. The number of nitrogens with one attached hydrogen (secondary N) is 2. The number of carbonyl (C=O) groups is 1. The van der Waals surface area contributed by atoms with Crippen molar-refractivity contribution in [3.63, 3.8) is 0 Å². The van der Waals surface area contributed by atoms with Crippen LogP contribution in [0, 0.1) is 0 Å². The number of hydrogen-bond acceptors (Lipinski definition) is 1. The maximum absolute atomic E-state index is 11.0. The van der Waals surface area contributed by atoms with Crippen molar-refractivity contribution in [2.45, 2.75) is 0 Å². The smallest absolute Gasteiger partial charge is 0.315 e. The van der Waals surface area contributed by atoms with Crippen LogP contribution < -0.4 is 10.6 Å². The molecule has 0 saturated carbocycles. The number of carbonyl (C=O) groups excluding carboxylic acids is 1. The van der Waals surface area contributed by atoms with Crippen molar-refractivity contribution in [3.05, 3.63) is 41.0 Å². The van der Waals surface area contributed by atoms with Crippen molar-refractivity contribution in [2.24, 2.45) is 0 Å². The third-order valence-corrected chi connectivity index (χ3v) is 2.15. The molecule has 2 amide bonds. The first-order valence-electron chi connectivity index (χ1n) is 3.77. The van der Waals surface area contributed by atoms with Gasteiger partial charge in [-0.3, -0.25) is 0 Å². The predicted octanol–water partition coefficient (Wildman–Crippen LogP) is 3.26. The largest absolute Gasteiger partial charge is 0.323 e. The Bertz CT molecular complexity index is 366. The maximum Gasteiger partial charge on any atom is 0.323 e. The first-order chi connectivity index (χ1) is 6.63. The second kappa shape index (κ2) is 4.88. The Morgan fingerprint density at radius 1 is 1.36 bits per heavy atom. The van der Waals surface area contributed by atoms with Crippen LogP contribution in [0.5, 0.6) is 0 Å². The van der Waals surface area contributed by atoms with E-state index in [0.29, 0.717) is 15.7 Å². The van der Waals surface area contributed by atoms with Gasteiger partial charge < -0.3 is 10.6 Å². The number of halogens is 2. The molecule has 1 aromatic rings. The van der Waals surface area contributed by atoms with Crippen molar-refractivity contribution in [2.75, 3.05) is 5.32 Å². The van der Waals surface area contributed by atoms with E-state index in [1.165, 1.54) is 6.20 Å². The Kier molecular flexibility index (Phi) is 3.80. The molecule has 1 rings (SSSR count). The molecule has 0 atom stereocenters. The molecule has 74 valence electrons. The summed E-state index contributed by atoms with van der Waals surface area (Å²) in [5, 5.41) is 5.75. The lowest BCUT2D eigenvalue weighted by atomic mass is 10.3. The highest BCUT2D eigenvalue weighted by Crippen LogP contribution is 2.24. The van der Waals surface area contributed by atoms with Gasteiger partial charge in [-0.05, 0) is 24.4 Å². The zero-order valence-corrected chi connectivity index (χ0v) is 8.69. The summed E-state index contributed by atoms with van der Waals surface area (Å²) in [5.41, 5.74) is 0.568. The van der Waals surface area contributed by atoms with Crippen LogP contribution >= 0.6 is 23.2 Å². The molecule has 0 heterocycles. The highest BCUT2D eigenvalue weighted by molar-refractivity contribution is 6.42. The Hall–Kier alpha value is -1.19. The van der Waals surface area contributed by atoms with E-state index in [0.717, 1.165) is 0 Å². The molecule has 0 aliphatic heterocycles. The highest BCUT2D eigenvalue weighted by atomic mass is 35.5. The van der Waals surface area contributed by atoms with Crippen molar-refractivity contribution in [1.29, 1.82) is 0 Å². The number of benzene rings is 1. The van der Waals surface area contributed by atoms with Crippen molar-refractivity contribution >= 4 is 34.9 Å². The van der Waals surface area contributed by atoms with Gasteiger partial charge in [-0.1, -0.05) is 29.8 Å². The van der Waals surface area contributed by atoms with Crippen molar-refractivity contribution < 1.29 is 4.79 Å². The second-order valence-electron chi connectivity index (χ2n) is 2.43. The topological polar surface area (TPSA) is 41.1 Å². The minimum Gasteiger partial charge on any atom is -0.315 e. The van der Waals surface area contributed by atoms with Gasteiger partial charge in [0.1, 0.15) is 0 Å². The average molecular weight is 231 g/mol. The van der Waals surface area contributed by atoms with Crippen LogP contribution in [-0.4, -0.2) is 6.03 Å². The Balaban J connectivity index is 2.72. The van der Waals surface area contributed by atoms with Gasteiger partial charge in [0.05, 0.1) is 10.0 Å². The summed E-state index contributed by atoms with van der Waals surface area (Å²) in [6.45, 7) is 3.35. The van der Waals surface area contributed by atoms with Gasteiger partial charge in [-0.25, -0.2) is 4.79 Å². The summed E-state index contributed by atoms with van der Waals surface area (Å²) in [7, 11) is 0. The lowest BCUT2D eigenvalue weighted by Crippen LogP contribution is -2.23. The van der Waals surface area contributed by atoms with Crippen LogP contribution in [0.2, 0.25) is 10.0 Å². The van der Waals surface area contributed by atoms with Gasteiger partial charge >= 0.3 is 6.03 Å². The van der Waals surface area contributed by atoms with E-state index in [9.17, 15) is 4.79 Å². The number of rotatable bonds is 2. The molecule has 2 N–H and O–H groups in total. The third-order valence-electron chi connectivity index (χ3n) is 1.41. The number of anilines is 1. The maximum atomic E-state index is 11.0. The summed E-state index contributed by atoms with van der Waals surface area (Å²) >= 11 is 11.5. The van der Waals surface area contributed by atoms with Crippen molar-refractivity contribution in [3.8, 4) is 0 Å². The molecule has 0 aliphatic carbocycles. The molecular weight excluding hydrogens is 223 g/mol. The Labute approximate surface area is 91.7 Å². The fraction of sp³-hybridized carbons (Fsp3) is 0. The highest BCUT2D eigenvalue weighted by Gasteiger charge is 2.01. The summed E-state index contributed by atoms with van der Waals surface area (Å²) < 4.78 is 0. The molecule has 0 bridgehead atoms. The summed E-state index contributed by atoms with van der Waals surface area (Å²) in [6, 6.07) is 4.44. The van der Waals surface area contributed by atoms with Crippen LogP contribution in [-0.2, 0) is 0 Å². The SMILES string of the molecule is C=CNC(=O)Nc1ccc(Cl)c(Cl)c1. The molecule has 0 aromatic heterocycles. The lowest BCUT2D eigenvalue weighted by Gasteiger charge is -2.05. The molecule has 5 heteroatoms. The van der Waals surface area contributed by atoms with Gasteiger partial charge in [-0.15, -0.1) is 0 Å². The van der Waals surface area contributed by atoms with E-state index in [2.05, 4.69) is 17.2 Å². The van der Waals surface area contributed by atoms with E-state index in [-0.39, 0.29) is 6.03 Å². The Morgan fingerprint density at radius 3 is 2.64 bits per heavy atom. The quantitative estimate of drug-likeness (QED) is 0.805. The van der Waals surface area contributed by atoms with Gasteiger partial charge in [0, 0.05) is 5.69 Å². The van der Waals surface area contributed by atoms with Crippen LogP contribution in [0.1, 0.15) is 0 Å². The van der Waals surface area contributed by atoms with E-state index in [1.807, 2.05) is 0 Å². The number of urea groups is 1. The molecule has 0 saturated heterocycles. The van der Waals surface area contributed by atoms with Crippen LogP contribution in [0.4, 0.5) is 10.5 Å². The monoisotopic (exact) mass is 230 g/mol. The van der Waals surface area contributed by atoms with Gasteiger partial charge in [0.2, 0.25) is 0 Å². The standard InChI is InChI=1S/C9H8Cl2N2O/c1-2-12-9(14)13-6-3-4-7(10)8(11)5-6/h2-5H,1H2,(H2,12,13,14). The zero-order valence-electron chi connectivity index (χ0n) is 7.18. The summed E-state index contributed by atoms with van der Waals surface area (Å²) in [6.07, 6.45) is 1.28. The first-order valence-corrected chi connectivity index (χ1v) is 4.52. The molecule has 14 heavy (non-hydrogen) atoms. The molecule has 1 aromatic carbocycles. The minimum absolute atomic E-state index is 0.376. The third kappa shape index (κ3) is 2.94. The summed E-state index contributed by atoms with van der Waals surface area (Å²) in [4.78, 5) is 11.0. The normalized spacial score (nSPS) is 9.29.